The van der Waals surface area contributed by atoms with Crippen LogP contribution in [0.2, 0.25) is 0 Å². The van der Waals surface area contributed by atoms with Crippen LogP contribution in [-0.4, -0.2) is 10.8 Å². The Kier molecular flexibility index (Phi) is 2.21. The number of hydrogen-bond acceptors (Lipinski definition) is 4. The third-order valence-electron chi connectivity index (χ3n) is 1.85. The Balaban J connectivity index is 2.32. The molecule has 0 saturated carbocycles. The molecule has 1 aromatic heterocycles. The number of aromatic nitrogens is 1. The van der Waals surface area contributed by atoms with E-state index in [0.717, 1.165) is 0 Å². The third-order valence-corrected chi connectivity index (χ3v) is 1.85. The Morgan fingerprint density at radius 3 is 2.53 bits per heavy atom. The van der Waals surface area contributed by atoms with Crippen LogP contribution in [0, 0.1) is 5.82 Å². The summed E-state index contributed by atoms with van der Waals surface area (Å²) in [5, 5.41) is 0. The molecule has 2 rings (SSSR count). The Morgan fingerprint density at radius 2 is 2.00 bits per heavy atom. The van der Waals surface area contributed by atoms with Crippen LogP contribution in [0.4, 0.5) is 10.4 Å². The molecule has 0 aliphatic carbocycles. The van der Waals surface area contributed by atoms with Crippen molar-refractivity contribution < 1.29 is 13.6 Å². The average Bonchev–Trinajstić information content (AvgIpc) is 2.65. The Hall–Kier alpha value is -2.17. The molecule has 1 heterocycles. The van der Waals surface area contributed by atoms with Crippen LogP contribution < -0.4 is 5.73 Å². The molecule has 0 atom stereocenters. The zero-order valence-corrected chi connectivity index (χ0v) is 7.61. The number of rotatable bonds is 2. The SMILES string of the molecule is Nc1ncc(C(=O)c2ccc(F)cc2)o1. The summed E-state index contributed by atoms with van der Waals surface area (Å²) in [6.07, 6.45) is 1.24. The Bertz CT molecular complexity index is 490. The van der Waals surface area contributed by atoms with Gasteiger partial charge < -0.3 is 10.2 Å². The van der Waals surface area contributed by atoms with Crippen molar-refractivity contribution in [1.82, 2.24) is 4.98 Å². The van der Waals surface area contributed by atoms with Crippen LogP contribution in [0.3, 0.4) is 0 Å². The zero-order valence-electron chi connectivity index (χ0n) is 7.61. The van der Waals surface area contributed by atoms with Crippen molar-refractivity contribution in [2.75, 3.05) is 5.73 Å². The number of halogens is 1. The van der Waals surface area contributed by atoms with Gasteiger partial charge >= 0.3 is 0 Å². The van der Waals surface area contributed by atoms with Gasteiger partial charge in [-0.15, -0.1) is 0 Å². The number of ketones is 1. The van der Waals surface area contributed by atoms with Crippen molar-refractivity contribution in [2.24, 2.45) is 0 Å². The first kappa shape index (κ1) is 9.39. The number of anilines is 1. The second kappa shape index (κ2) is 3.53. The van der Waals surface area contributed by atoms with Crippen LogP contribution in [-0.2, 0) is 0 Å². The smallest absolute Gasteiger partial charge is 0.292 e. The minimum absolute atomic E-state index is 0.0408. The van der Waals surface area contributed by atoms with Crippen molar-refractivity contribution in [1.29, 1.82) is 0 Å². The highest BCUT2D eigenvalue weighted by Crippen LogP contribution is 2.12. The first-order chi connectivity index (χ1) is 7.16. The second-order valence-electron chi connectivity index (χ2n) is 2.90. The molecule has 1 aromatic carbocycles. The quantitative estimate of drug-likeness (QED) is 0.758. The van der Waals surface area contributed by atoms with Gasteiger partial charge in [0.2, 0.25) is 5.78 Å². The summed E-state index contributed by atoms with van der Waals surface area (Å²) < 4.78 is 17.4. The van der Waals surface area contributed by atoms with Crippen molar-refractivity contribution in [3.63, 3.8) is 0 Å². The molecule has 0 amide bonds. The lowest BCUT2D eigenvalue weighted by atomic mass is 10.1. The number of benzene rings is 1. The Labute approximate surface area is 84.5 Å². The fourth-order valence-corrected chi connectivity index (χ4v) is 1.14. The van der Waals surface area contributed by atoms with E-state index < -0.39 is 5.82 Å². The largest absolute Gasteiger partial charge is 0.420 e. The summed E-state index contributed by atoms with van der Waals surface area (Å²) in [5.74, 6) is -0.734. The summed E-state index contributed by atoms with van der Waals surface area (Å²) in [4.78, 5) is 15.3. The third kappa shape index (κ3) is 1.85. The standard InChI is InChI=1S/C10H7FN2O2/c11-7-3-1-6(2-4-7)9(14)8-5-13-10(12)15-8/h1-5H,(H2,12,13). The lowest BCUT2D eigenvalue weighted by Gasteiger charge is -1.95. The number of nitrogens with two attached hydrogens (primary N) is 1. The fraction of sp³-hybridized carbons (Fsp3) is 0. The fourth-order valence-electron chi connectivity index (χ4n) is 1.14. The summed E-state index contributed by atoms with van der Waals surface area (Å²) in [5.41, 5.74) is 5.56. The van der Waals surface area contributed by atoms with Crippen molar-refractivity contribution >= 4 is 11.8 Å². The lowest BCUT2D eigenvalue weighted by Crippen LogP contribution is -1.99. The molecule has 0 radical (unpaired) electrons. The molecule has 2 aromatic rings. The molecular formula is C10H7FN2O2. The van der Waals surface area contributed by atoms with Gasteiger partial charge in [-0.25, -0.2) is 9.37 Å². The molecule has 0 saturated heterocycles. The van der Waals surface area contributed by atoms with Gasteiger partial charge in [0, 0.05) is 5.56 Å². The average molecular weight is 206 g/mol. The summed E-state index contributed by atoms with van der Waals surface area (Å²) in [6, 6.07) is 5.08. The topological polar surface area (TPSA) is 69.1 Å². The van der Waals surface area contributed by atoms with Crippen LogP contribution in [0.15, 0.2) is 34.9 Å². The number of nitrogens with zero attached hydrogens (tertiary/aromatic N) is 1. The van der Waals surface area contributed by atoms with Gasteiger partial charge in [0.05, 0.1) is 6.20 Å². The Morgan fingerprint density at radius 1 is 1.33 bits per heavy atom. The van der Waals surface area contributed by atoms with Crippen LogP contribution in [0.1, 0.15) is 16.1 Å². The van der Waals surface area contributed by atoms with E-state index in [1.54, 1.807) is 0 Å². The first-order valence-electron chi connectivity index (χ1n) is 4.18. The molecule has 0 spiro atoms. The number of nitrogen functional groups attached to an aromatic ring is 1. The monoisotopic (exact) mass is 206 g/mol. The van der Waals surface area contributed by atoms with E-state index >= 15 is 0 Å². The molecule has 0 unspecified atom stereocenters. The summed E-state index contributed by atoms with van der Waals surface area (Å²) >= 11 is 0. The highest BCUT2D eigenvalue weighted by molar-refractivity contribution is 6.06. The number of hydrogen-bond donors (Lipinski definition) is 1. The zero-order chi connectivity index (χ0) is 10.8. The first-order valence-corrected chi connectivity index (χ1v) is 4.18. The van der Waals surface area contributed by atoms with Gasteiger partial charge in [-0.3, -0.25) is 4.79 Å². The molecule has 0 bridgehead atoms. The summed E-state index contributed by atoms with van der Waals surface area (Å²) in [7, 11) is 0. The van der Waals surface area contributed by atoms with Crippen LogP contribution in [0.25, 0.3) is 0 Å². The molecule has 5 heteroatoms. The van der Waals surface area contributed by atoms with E-state index in [-0.39, 0.29) is 17.6 Å². The van der Waals surface area contributed by atoms with Crippen LogP contribution in [0.5, 0.6) is 0 Å². The minimum Gasteiger partial charge on any atom is -0.420 e. The van der Waals surface area contributed by atoms with Gasteiger partial charge in [0.1, 0.15) is 5.82 Å². The molecule has 0 fully saturated rings. The van der Waals surface area contributed by atoms with Crippen LogP contribution >= 0.6 is 0 Å². The maximum absolute atomic E-state index is 12.6. The van der Waals surface area contributed by atoms with Gasteiger partial charge in [-0.1, -0.05) is 0 Å². The van der Waals surface area contributed by atoms with Crippen molar-refractivity contribution in [2.45, 2.75) is 0 Å². The second-order valence-corrected chi connectivity index (χ2v) is 2.90. The molecular weight excluding hydrogens is 199 g/mol. The van der Waals surface area contributed by atoms with E-state index in [9.17, 15) is 9.18 Å². The lowest BCUT2D eigenvalue weighted by molar-refractivity contribution is 0.101. The maximum Gasteiger partial charge on any atom is 0.292 e. The van der Waals surface area contributed by atoms with Gasteiger partial charge in [0.25, 0.3) is 6.01 Å². The minimum atomic E-state index is -0.399. The van der Waals surface area contributed by atoms with E-state index in [4.69, 9.17) is 10.2 Å². The predicted octanol–water partition coefficient (Wildman–Crippen LogP) is 1.63. The molecule has 0 aliphatic rings. The van der Waals surface area contributed by atoms with E-state index in [0.29, 0.717) is 5.56 Å². The molecule has 2 N–H and O–H groups in total. The van der Waals surface area contributed by atoms with Gasteiger partial charge in [-0.05, 0) is 24.3 Å². The summed E-state index contributed by atoms with van der Waals surface area (Å²) in [6.45, 7) is 0. The van der Waals surface area contributed by atoms with E-state index in [2.05, 4.69) is 4.98 Å². The predicted molar refractivity (Wildman–Crippen MR) is 50.7 cm³/mol. The molecule has 76 valence electrons. The van der Waals surface area contributed by atoms with Gasteiger partial charge in [-0.2, -0.15) is 0 Å². The maximum atomic E-state index is 12.6. The van der Waals surface area contributed by atoms with E-state index in [1.807, 2.05) is 0 Å². The van der Waals surface area contributed by atoms with E-state index in [1.165, 1.54) is 30.5 Å². The highest BCUT2D eigenvalue weighted by Gasteiger charge is 2.13. The van der Waals surface area contributed by atoms with Gasteiger partial charge in [0.15, 0.2) is 5.76 Å². The number of oxazole rings is 1. The number of carbonyl (C=O) groups is 1. The molecule has 4 nitrogen and oxygen atoms in total. The molecule has 15 heavy (non-hydrogen) atoms. The normalized spacial score (nSPS) is 10.2. The molecule has 0 aliphatic heterocycles. The number of carbonyl (C=O) groups excluding carboxylic acids is 1. The van der Waals surface area contributed by atoms with Crippen molar-refractivity contribution in [3.8, 4) is 0 Å². The van der Waals surface area contributed by atoms with Crippen molar-refractivity contribution in [3.05, 3.63) is 47.6 Å². The highest BCUT2D eigenvalue weighted by atomic mass is 19.1.